The number of hydrogen-bond donors (Lipinski definition) is 0. The van der Waals surface area contributed by atoms with Crippen LogP contribution in [0.15, 0.2) is 48.5 Å². The first kappa shape index (κ1) is 25.9. The zero-order valence-electron chi connectivity index (χ0n) is 16.9. The van der Waals surface area contributed by atoms with Crippen LogP contribution in [0, 0.1) is 11.6 Å². The van der Waals surface area contributed by atoms with Crippen molar-refractivity contribution in [2.75, 3.05) is 13.2 Å². The van der Waals surface area contributed by atoms with Gasteiger partial charge in [0.15, 0.2) is 16.9 Å². The molecular formula is C22H21ClF2O6. The highest BCUT2D eigenvalue weighted by Gasteiger charge is 2.28. The van der Waals surface area contributed by atoms with Crippen molar-refractivity contribution < 1.29 is 37.4 Å². The summed E-state index contributed by atoms with van der Waals surface area (Å²) in [6.07, 6.45) is -0.422. The average molecular weight is 455 g/mol. The zero-order chi connectivity index (χ0) is 23.4. The fraction of sp³-hybridized carbons (Fsp3) is 0.273. The molecule has 0 saturated heterocycles. The van der Waals surface area contributed by atoms with Gasteiger partial charge in [0.25, 0.3) is 0 Å². The second kappa shape index (κ2) is 13.2. The molecule has 6 nitrogen and oxygen atoms in total. The fourth-order valence-corrected chi connectivity index (χ4v) is 2.43. The van der Waals surface area contributed by atoms with Crippen LogP contribution in [0.2, 0.25) is 0 Å². The molecule has 31 heavy (non-hydrogen) atoms. The van der Waals surface area contributed by atoms with Crippen LogP contribution in [0.3, 0.4) is 0 Å². The van der Waals surface area contributed by atoms with Crippen molar-refractivity contribution >= 4 is 35.1 Å². The Morgan fingerprint density at radius 1 is 0.839 bits per heavy atom. The number of alkyl halides is 1. The summed E-state index contributed by atoms with van der Waals surface area (Å²) in [5.41, 5.74) is -0.291. The predicted molar refractivity (Wildman–Crippen MR) is 109 cm³/mol. The lowest BCUT2D eigenvalue weighted by atomic mass is 10.1. The number of benzene rings is 2. The van der Waals surface area contributed by atoms with Crippen LogP contribution in [-0.4, -0.2) is 42.1 Å². The molecule has 9 heteroatoms. The lowest BCUT2D eigenvalue weighted by Crippen LogP contribution is -2.27. The number of ketones is 2. The van der Waals surface area contributed by atoms with Gasteiger partial charge in [-0.2, -0.15) is 0 Å². The second-order valence-corrected chi connectivity index (χ2v) is 6.28. The van der Waals surface area contributed by atoms with Crippen molar-refractivity contribution in [3.8, 4) is 0 Å². The molecule has 0 fully saturated rings. The SMILES string of the molecule is CCOC(=O)C(Cl)C(=O)c1ccccc1F.CCOC(=O)CC(=O)c1ccccc1F. The van der Waals surface area contributed by atoms with E-state index in [1.165, 1.54) is 36.4 Å². The molecule has 2 aromatic rings. The number of carbonyl (C=O) groups is 4. The lowest BCUT2D eigenvalue weighted by molar-refractivity contribution is -0.142. The molecule has 0 saturated carbocycles. The minimum Gasteiger partial charge on any atom is -0.466 e. The van der Waals surface area contributed by atoms with Gasteiger partial charge < -0.3 is 9.47 Å². The number of hydrogen-bond acceptors (Lipinski definition) is 6. The third-order valence-corrected chi connectivity index (χ3v) is 4.02. The van der Waals surface area contributed by atoms with Gasteiger partial charge in [0.2, 0.25) is 0 Å². The summed E-state index contributed by atoms with van der Waals surface area (Å²) in [4.78, 5) is 45.2. The predicted octanol–water partition coefficient (Wildman–Crippen LogP) is 4.14. The number of carbonyl (C=O) groups excluding carboxylic acids is 4. The Balaban J connectivity index is 0.000000311. The fourth-order valence-electron chi connectivity index (χ4n) is 2.25. The summed E-state index contributed by atoms with van der Waals surface area (Å²) >= 11 is 5.58. The highest BCUT2D eigenvalue weighted by atomic mass is 35.5. The lowest BCUT2D eigenvalue weighted by Gasteiger charge is -2.08. The van der Waals surface area contributed by atoms with Crippen molar-refractivity contribution in [1.82, 2.24) is 0 Å². The summed E-state index contributed by atoms with van der Waals surface area (Å²) in [7, 11) is 0. The smallest absolute Gasteiger partial charge is 0.332 e. The Morgan fingerprint density at radius 2 is 1.32 bits per heavy atom. The minimum atomic E-state index is -1.50. The van der Waals surface area contributed by atoms with Gasteiger partial charge in [-0.3, -0.25) is 14.4 Å². The zero-order valence-corrected chi connectivity index (χ0v) is 17.7. The van der Waals surface area contributed by atoms with Crippen LogP contribution in [0.25, 0.3) is 0 Å². The van der Waals surface area contributed by atoms with E-state index in [2.05, 4.69) is 9.47 Å². The quantitative estimate of drug-likeness (QED) is 0.258. The van der Waals surface area contributed by atoms with Crippen LogP contribution in [0.1, 0.15) is 41.0 Å². The van der Waals surface area contributed by atoms with Gasteiger partial charge in [-0.1, -0.05) is 24.3 Å². The molecule has 0 aliphatic rings. The standard InChI is InChI=1S/C11H10ClFO3.C11H11FO3/c1-2-16-11(15)9(12)10(14)7-5-3-4-6-8(7)13;1-2-15-11(14)7-10(13)8-5-3-4-6-9(8)12/h3-6,9H,2H2,1H3;3-6H,2,7H2,1H3. The molecule has 0 bridgehead atoms. The van der Waals surface area contributed by atoms with E-state index in [0.29, 0.717) is 0 Å². The van der Waals surface area contributed by atoms with Crippen molar-refractivity contribution in [2.45, 2.75) is 25.6 Å². The third kappa shape index (κ3) is 8.25. The summed E-state index contributed by atoms with van der Waals surface area (Å²) < 4.78 is 35.5. The van der Waals surface area contributed by atoms with E-state index >= 15 is 0 Å². The topological polar surface area (TPSA) is 86.7 Å². The van der Waals surface area contributed by atoms with Crippen LogP contribution < -0.4 is 0 Å². The van der Waals surface area contributed by atoms with Crippen LogP contribution in [0.4, 0.5) is 8.78 Å². The monoisotopic (exact) mass is 454 g/mol. The highest BCUT2D eigenvalue weighted by Crippen LogP contribution is 2.13. The Morgan fingerprint density at radius 3 is 1.81 bits per heavy atom. The number of ether oxygens (including phenoxy) is 2. The maximum absolute atomic E-state index is 13.2. The van der Waals surface area contributed by atoms with Crippen molar-refractivity contribution in [1.29, 1.82) is 0 Å². The molecule has 0 radical (unpaired) electrons. The molecular weight excluding hydrogens is 434 g/mol. The van der Waals surface area contributed by atoms with Crippen molar-refractivity contribution in [2.24, 2.45) is 0 Å². The number of halogens is 3. The van der Waals surface area contributed by atoms with E-state index in [1.807, 2.05) is 0 Å². The van der Waals surface area contributed by atoms with Crippen LogP contribution in [0.5, 0.6) is 0 Å². The van der Waals surface area contributed by atoms with Gasteiger partial charge in [0, 0.05) is 0 Å². The molecule has 0 aliphatic carbocycles. The average Bonchev–Trinajstić information content (AvgIpc) is 2.74. The Labute approximate surface area is 183 Å². The number of rotatable bonds is 8. The van der Waals surface area contributed by atoms with Crippen LogP contribution >= 0.6 is 11.6 Å². The molecule has 0 spiro atoms. The maximum Gasteiger partial charge on any atom is 0.332 e. The van der Waals surface area contributed by atoms with Gasteiger partial charge in [0.1, 0.15) is 18.1 Å². The van der Waals surface area contributed by atoms with E-state index in [0.717, 1.165) is 6.07 Å². The van der Waals surface area contributed by atoms with Gasteiger partial charge in [-0.15, -0.1) is 11.6 Å². The van der Waals surface area contributed by atoms with Crippen molar-refractivity contribution in [3.63, 3.8) is 0 Å². The number of esters is 2. The van der Waals surface area contributed by atoms with E-state index in [9.17, 15) is 28.0 Å². The van der Waals surface area contributed by atoms with E-state index < -0.39 is 46.9 Å². The second-order valence-electron chi connectivity index (χ2n) is 5.84. The first-order valence-corrected chi connectivity index (χ1v) is 9.69. The summed E-state index contributed by atoms with van der Waals surface area (Å²) in [6, 6.07) is 10.9. The largest absolute Gasteiger partial charge is 0.466 e. The first-order valence-electron chi connectivity index (χ1n) is 9.25. The van der Waals surface area contributed by atoms with Crippen LogP contribution in [-0.2, 0) is 19.1 Å². The molecule has 2 aromatic carbocycles. The van der Waals surface area contributed by atoms with Crippen molar-refractivity contribution in [3.05, 3.63) is 71.3 Å². The Hall–Kier alpha value is -3.13. The third-order valence-electron chi connectivity index (χ3n) is 3.65. The molecule has 0 N–H and O–H groups in total. The van der Waals surface area contributed by atoms with Gasteiger partial charge in [-0.25, -0.2) is 13.6 Å². The molecule has 166 valence electrons. The molecule has 1 atom stereocenters. The first-order chi connectivity index (χ1) is 14.7. The Kier molecular flexibility index (Phi) is 11.1. The molecule has 1 unspecified atom stereocenters. The van der Waals surface area contributed by atoms with Gasteiger partial charge in [0.05, 0.1) is 24.3 Å². The molecule has 2 rings (SSSR count). The molecule has 0 aromatic heterocycles. The number of Topliss-reactive ketones (excluding diaryl/α,β-unsaturated/α-hetero) is 2. The summed E-state index contributed by atoms with van der Waals surface area (Å²) in [5, 5.41) is -1.50. The van der Waals surface area contributed by atoms with E-state index in [-0.39, 0.29) is 24.3 Å². The molecule has 0 amide bonds. The molecule has 0 heterocycles. The highest BCUT2D eigenvalue weighted by molar-refractivity contribution is 6.43. The van der Waals surface area contributed by atoms with Gasteiger partial charge >= 0.3 is 11.9 Å². The minimum absolute atomic E-state index is 0.0782. The molecule has 0 aliphatic heterocycles. The maximum atomic E-state index is 13.2. The summed E-state index contributed by atoms with van der Waals surface area (Å²) in [6.45, 7) is 3.57. The Bertz CT molecular complexity index is 932. The summed E-state index contributed by atoms with van der Waals surface area (Å²) in [5.74, 6) is -4.18. The normalized spacial score (nSPS) is 10.9. The van der Waals surface area contributed by atoms with Gasteiger partial charge in [-0.05, 0) is 38.1 Å². The van der Waals surface area contributed by atoms with E-state index in [1.54, 1.807) is 19.9 Å². The van der Waals surface area contributed by atoms with E-state index in [4.69, 9.17) is 11.6 Å².